The summed E-state index contributed by atoms with van der Waals surface area (Å²) < 4.78 is 5.62. The second-order valence-corrected chi connectivity index (χ2v) is 8.06. The Bertz CT molecular complexity index is 1000. The molecule has 2 fully saturated rings. The molecule has 1 aliphatic heterocycles. The van der Waals surface area contributed by atoms with Gasteiger partial charge in [-0.15, -0.1) is 0 Å². The summed E-state index contributed by atoms with van der Waals surface area (Å²) in [7, 11) is 0. The first-order valence-electron chi connectivity index (χ1n) is 10.3. The molecular formula is C23H25N3O2. The number of amides is 1. The molecule has 5 nitrogen and oxygen atoms in total. The molecule has 1 saturated carbocycles. The topological polar surface area (TPSA) is 58.4 Å². The largest absolute Gasteiger partial charge is 0.356 e. The highest BCUT2D eigenvalue weighted by Crippen LogP contribution is 2.29. The van der Waals surface area contributed by atoms with Gasteiger partial charge in [-0.3, -0.25) is 9.69 Å². The van der Waals surface area contributed by atoms with E-state index in [4.69, 9.17) is 4.52 Å². The lowest BCUT2D eigenvalue weighted by Gasteiger charge is -2.11. The van der Waals surface area contributed by atoms with Crippen LogP contribution >= 0.6 is 0 Å². The number of carbonyl (C=O) groups is 1. The summed E-state index contributed by atoms with van der Waals surface area (Å²) in [5, 5.41) is 8.42. The van der Waals surface area contributed by atoms with Crippen molar-refractivity contribution < 1.29 is 9.32 Å². The number of fused-ring (bicyclic) bond motifs is 1. The minimum Gasteiger partial charge on any atom is -0.356 e. The van der Waals surface area contributed by atoms with Crippen molar-refractivity contribution in [2.24, 2.45) is 5.92 Å². The molecule has 0 unspecified atom stereocenters. The molecule has 2 aromatic carbocycles. The monoisotopic (exact) mass is 375 g/mol. The average molecular weight is 375 g/mol. The van der Waals surface area contributed by atoms with Gasteiger partial charge in [0.1, 0.15) is 5.69 Å². The van der Waals surface area contributed by atoms with E-state index in [2.05, 4.69) is 27.5 Å². The summed E-state index contributed by atoms with van der Waals surface area (Å²) in [6, 6.07) is 14.0. The number of nitrogens with zero attached hydrogens (tertiary/aromatic N) is 2. The average Bonchev–Trinajstić information content (AvgIpc) is 3.26. The van der Waals surface area contributed by atoms with Gasteiger partial charge >= 0.3 is 0 Å². The molecule has 1 aliphatic carbocycles. The number of carbonyl (C=O) groups excluding carboxylic acids is 1. The van der Waals surface area contributed by atoms with Gasteiger partial charge < -0.3 is 9.84 Å². The molecular weight excluding hydrogens is 350 g/mol. The quantitative estimate of drug-likeness (QED) is 0.700. The van der Waals surface area contributed by atoms with E-state index >= 15 is 0 Å². The highest BCUT2D eigenvalue weighted by Gasteiger charge is 2.22. The van der Waals surface area contributed by atoms with Crippen molar-refractivity contribution >= 4 is 16.9 Å². The van der Waals surface area contributed by atoms with Crippen molar-refractivity contribution in [2.45, 2.75) is 32.2 Å². The predicted octanol–water partition coefficient (Wildman–Crippen LogP) is 4.23. The van der Waals surface area contributed by atoms with E-state index in [0.29, 0.717) is 11.5 Å². The highest BCUT2D eigenvalue weighted by molar-refractivity contribution is 5.95. The Hall–Kier alpha value is -2.66. The van der Waals surface area contributed by atoms with Crippen LogP contribution in [0.5, 0.6) is 0 Å². The molecule has 144 valence electrons. The lowest BCUT2D eigenvalue weighted by atomic mass is 10.0. The van der Waals surface area contributed by atoms with E-state index < -0.39 is 0 Å². The van der Waals surface area contributed by atoms with Crippen LogP contribution in [0, 0.1) is 5.92 Å². The zero-order valence-corrected chi connectivity index (χ0v) is 16.0. The van der Waals surface area contributed by atoms with Crippen molar-refractivity contribution in [3.63, 3.8) is 0 Å². The van der Waals surface area contributed by atoms with Gasteiger partial charge in [0.05, 0.1) is 0 Å². The molecule has 28 heavy (non-hydrogen) atoms. The molecule has 0 radical (unpaired) electrons. The summed E-state index contributed by atoms with van der Waals surface area (Å²) in [6.45, 7) is 3.92. The van der Waals surface area contributed by atoms with Gasteiger partial charge in [-0.2, -0.15) is 0 Å². The summed E-state index contributed by atoms with van der Waals surface area (Å²) >= 11 is 0. The van der Waals surface area contributed by atoms with Crippen LogP contribution in [0.4, 0.5) is 0 Å². The van der Waals surface area contributed by atoms with Crippen LogP contribution in [0.25, 0.3) is 22.1 Å². The lowest BCUT2D eigenvalue weighted by Crippen LogP contribution is -2.25. The van der Waals surface area contributed by atoms with Gasteiger partial charge in [-0.05, 0) is 80.1 Å². The van der Waals surface area contributed by atoms with Crippen molar-refractivity contribution in [2.75, 3.05) is 19.6 Å². The Morgan fingerprint density at radius 2 is 1.93 bits per heavy atom. The summed E-state index contributed by atoms with van der Waals surface area (Å²) in [5.74, 6) is 0.679. The van der Waals surface area contributed by atoms with E-state index in [-0.39, 0.29) is 5.91 Å². The number of aromatic nitrogens is 1. The molecule has 5 heteroatoms. The fourth-order valence-corrected chi connectivity index (χ4v) is 3.94. The first-order chi connectivity index (χ1) is 13.8. The van der Waals surface area contributed by atoms with Crippen molar-refractivity contribution in [3.8, 4) is 11.1 Å². The Labute approximate surface area is 164 Å². The molecule has 1 aromatic heterocycles. The third-order valence-electron chi connectivity index (χ3n) is 5.83. The summed E-state index contributed by atoms with van der Waals surface area (Å²) in [6.07, 6.45) is 5.00. The molecule has 1 amide bonds. The fourth-order valence-electron chi connectivity index (χ4n) is 3.94. The van der Waals surface area contributed by atoms with Crippen LogP contribution in [0.2, 0.25) is 0 Å². The van der Waals surface area contributed by atoms with Crippen molar-refractivity contribution in [1.29, 1.82) is 0 Å². The van der Waals surface area contributed by atoms with E-state index in [1.807, 2.05) is 30.3 Å². The Morgan fingerprint density at radius 1 is 1.11 bits per heavy atom. The number of benzene rings is 2. The second-order valence-electron chi connectivity index (χ2n) is 8.06. The lowest BCUT2D eigenvalue weighted by molar-refractivity contribution is 0.0952. The van der Waals surface area contributed by atoms with Gasteiger partial charge in [-0.1, -0.05) is 23.4 Å². The maximum atomic E-state index is 12.4. The molecule has 0 atom stereocenters. The smallest absolute Gasteiger partial charge is 0.251 e. The first-order valence-corrected chi connectivity index (χ1v) is 10.3. The molecule has 1 N–H and O–H groups in total. The molecule has 2 heterocycles. The second kappa shape index (κ2) is 7.40. The van der Waals surface area contributed by atoms with E-state index in [9.17, 15) is 4.79 Å². The van der Waals surface area contributed by atoms with E-state index in [1.54, 1.807) is 0 Å². The zero-order valence-electron chi connectivity index (χ0n) is 16.0. The van der Waals surface area contributed by atoms with Crippen LogP contribution in [0.3, 0.4) is 0 Å². The van der Waals surface area contributed by atoms with E-state index in [0.717, 1.165) is 54.0 Å². The molecule has 2 aliphatic rings. The number of nitrogens with one attached hydrogen (secondary N) is 1. The SMILES string of the molecule is O=C(NCC1CC1)c1cccc(-c2ccc3c(CN4CCCC4)noc3c2)c1. The van der Waals surface area contributed by atoms with Gasteiger partial charge in [0.15, 0.2) is 5.58 Å². The normalized spacial score (nSPS) is 17.3. The maximum Gasteiger partial charge on any atom is 0.251 e. The molecule has 5 rings (SSSR count). The fraction of sp³-hybridized carbons (Fsp3) is 0.391. The summed E-state index contributed by atoms with van der Waals surface area (Å²) in [4.78, 5) is 14.8. The van der Waals surface area contributed by atoms with Crippen LogP contribution in [0.15, 0.2) is 47.0 Å². The Balaban J connectivity index is 1.36. The van der Waals surface area contributed by atoms with E-state index in [1.165, 1.54) is 25.7 Å². The minimum atomic E-state index is 0.00222. The zero-order chi connectivity index (χ0) is 18.9. The van der Waals surface area contributed by atoms with Gasteiger partial charge in [-0.25, -0.2) is 0 Å². The maximum absolute atomic E-state index is 12.4. The first kappa shape index (κ1) is 17.4. The number of rotatable bonds is 6. The van der Waals surface area contributed by atoms with Crippen LogP contribution < -0.4 is 5.32 Å². The predicted molar refractivity (Wildman–Crippen MR) is 109 cm³/mol. The van der Waals surface area contributed by atoms with Crippen molar-refractivity contribution in [3.05, 3.63) is 53.7 Å². The number of likely N-dealkylation sites (tertiary alicyclic amines) is 1. The standard InChI is InChI=1S/C23H25N3O2/c27-23(24-14-16-6-7-16)19-5-3-4-17(12-19)18-8-9-20-21(25-28-22(20)13-18)15-26-10-1-2-11-26/h3-5,8-9,12-13,16H,1-2,6-7,10-11,14-15H2,(H,24,27). The van der Waals surface area contributed by atoms with Gasteiger partial charge in [0.2, 0.25) is 0 Å². The molecule has 3 aromatic rings. The summed E-state index contributed by atoms with van der Waals surface area (Å²) in [5.41, 5.74) is 4.56. The third-order valence-corrected chi connectivity index (χ3v) is 5.83. The number of hydrogen-bond donors (Lipinski definition) is 1. The van der Waals surface area contributed by atoms with Crippen LogP contribution in [-0.2, 0) is 6.54 Å². The van der Waals surface area contributed by atoms with Gasteiger partial charge in [0.25, 0.3) is 5.91 Å². The number of hydrogen-bond acceptors (Lipinski definition) is 4. The molecule has 0 spiro atoms. The Kier molecular flexibility index (Phi) is 4.61. The molecule has 0 bridgehead atoms. The van der Waals surface area contributed by atoms with Crippen molar-refractivity contribution in [1.82, 2.24) is 15.4 Å². The van der Waals surface area contributed by atoms with Crippen LogP contribution in [0.1, 0.15) is 41.7 Å². The van der Waals surface area contributed by atoms with Gasteiger partial charge in [0, 0.05) is 24.0 Å². The van der Waals surface area contributed by atoms with Crippen LogP contribution in [-0.4, -0.2) is 35.6 Å². The minimum absolute atomic E-state index is 0.00222. The Morgan fingerprint density at radius 3 is 2.75 bits per heavy atom. The highest BCUT2D eigenvalue weighted by atomic mass is 16.5. The molecule has 1 saturated heterocycles. The third kappa shape index (κ3) is 3.67.